The molecular weight excluding hydrogens is 377 g/mol. The quantitative estimate of drug-likeness (QED) is 0.423. The van der Waals surface area contributed by atoms with Crippen LogP contribution >= 0.6 is 22.7 Å². The highest BCUT2D eigenvalue weighted by Crippen LogP contribution is 2.43. The zero-order valence-corrected chi connectivity index (χ0v) is 14.6. The van der Waals surface area contributed by atoms with Crippen LogP contribution in [0.5, 0.6) is 0 Å². The number of aliphatic hydroxyl groups excluding tert-OH is 1. The van der Waals surface area contributed by atoms with Gasteiger partial charge in [-0.15, -0.1) is 21.5 Å². The van der Waals surface area contributed by atoms with Crippen LogP contribution in [0.15, 0.2) is 52.9 Å². The summed E-state index contributed by atoms with van der Waals surface area (Å²) in [5.41, 5.74) is 1.66. The average Bonchev–Trinajstić information content (AvgIpc) is 3.37. The van der Waals surface area contributed by atoms with Gasteiger partial charge < -0.3 is 5.11 Å². The predicted octanol–water partition coefficient (Wildman–Crippen LogP) is 3.37. The minimum Gasteiger partial charge on any atom is -0.507 e. The number of anilines is 1. The second kappa shape index (κ2) is 6.43. The molecule has 26 heavy (non-hydrogen) atoms. The number of nitrogens with zero attached hydrogens (tertiary/aromatic N) is 3. The zero-order chi connectivity index (χ0) is 18.3. The summed E-state index contributed by atoms with van der Waals surface area (Å²) in [5, 5.41) is 20.4. The molecule has 6 nitrogen and oxygen atoms in total. The summed E-state index contributed by atoms with van der Waals surface area (Å²) in [6.45, 7) is 0. The van der Waals surface area contributed by atoms with Gasteiger partial charge in [-0.3, -0.25) is 14.5 Å². The molecule has 1 aliphatic heterocycles. The van der Waals surface area contributed by atoms with Gasteiger partial charge in [0.1, 0.15) is 23.1 Å². The van der Waals surface area contributed by atoms with Crippen molar-refractivity contribution in [2.24, 2.45) is 0 Å². The van der Waals surface area contributed by atoms with Crippen LogP contribution in [0.2, 0.25) is 0 Å². The second-order valence-corrected chi connectivity index (χ2v) is 7.20. The van der Waals surface area contributed by atoms with Gasteiger partial charge in [-0.05, 0) is 35.7 Å². The summed E-state index contributed by atoms with van der Waals surface area (Å²) in [7, 11) is 0. The smallest absolute Gasteiger partial charge is 0.301 e. The topological polar surface area (TPSA) is 83.4 Å². The number of carbonyl (C=O) groups excluding carboxylic acids is 2. The molecule has 0 spiro atoms. The van der Waals surface area contributed by atoms with E-state index in [1.807, 2.05) is 5.38 Å². The first-order chi connectivity index (χ1) is 12.6. The van der Waals surface area contributed by atoms with E-state index in [0.29, 0.717) is 4.88 Å². The molecule has 1 N–H and O–H groups in total. The number of hydrogen-bond acceptors (Lipinski definition) is 7. The van der Waals surface area contributed by atoms with E-state index < -0.39 is 23.5 Å². The van der Waals surface area contributed by atoms with E-state index in [1.165, 1.54) is 46.0 Å². The number of benzene rings is 1. The van der Waals surface area contributed by atoms with Gasteiger partial charge in [-0.25, -0.2) is 4.39 Å². The number of halogens is 1. The summed E-state index contributed by atoms with van der Waals surface area (Å²) in [4.78, 5) is 27.2. The Morgan fingerprint density at radius 1 is 1.15 bits per heavy atom. The normalized spacial score (nSPS) is 19.3. The number of hydrogen-bond donors (Lipinski definition) is 1. The highest BCUT2D eigenvalue weighted by molar-refractivity contribution is 7.13. The SMILES string of the molecule is O=C1C(=O)N(c2nncs2)[C@@H](c2cccs2)C1=C(O)c1ccc(F)cc1. The first-order valence-corrected chi connectivity index (χ1v) is 9.20. The van der Waals surface area contributed by atoms with Gasteiger partial charge in [0.2, 0.25) is 5.13 Å². The van der Waals surface area contributed by atoms with E-state index in [9.17, 15) is 19.1 Å². The molecule has 4 rings (SSSR count). The van der Waals surface area contributed by atoms with Crippen LogP contribution in [-0.4, -0.2) is 27.0 Å². The van der Waals surface area contributed by atoms with Crippen molar-refractivity contribution in [2.45, 2.75) is 6.04 Å². The third kappa shape index (κ3) is 2.61. The zero-order valence-electron chi connectivity index (χ0n) is 13.0. The van der Waals surface area contributed by atoms with Gasteiger partial charge in [0, 0.05) is 10.4 Å². The minimum absolute atomic E-state index is 0.0562. The van der Waals surface area contributed by atoms with Gasteiger partial charge in [0.15, 0.2) is 0 Å². The van der Waals surface area contributed by atoms with Gasteiger partial charge in [0.05, 0.1) is 5.57 Å². The lowest BCUT2D eigenvalue weighted by Crippen LogP contribution is -2.29. The van der Waals surface area contributed by atoms with Gasteiger partial charge in [0.25, 0.3) is 5.78 Å². The van der Waals surface area contributed by atoms with Crippen molar-refractivity contribution < 1.29 is 19.1 Å². The lowest BCUT2D eigenvalue weighted by Gasteiger charge is -2.20. The number of ketones is 1. The molecule has 1 fully saturated rings. The van der Waals surface area contributed by atoms with Crippen molar-refractivity contribution in [3.05, 3.63) is 69.1 Å². The summed E-state index contributed by atoms with van der Waals surface area (Å²) in [6, 6.07) is 7.81. The molecule has 1 saturated heterocycles. The number of amides is 1. The van der Waals surface area contributed by atoms with Crippen LogP contribution in [0.1, 0.15) is 16.5 Å². The van der Waals surface area contributed by atoms with E-state index in [1.54, 1.807) is 12.1 Å². The molecule has 0 radical (unpaired) electrons. The molecule has 2 aromatic heterocycles. The van der Waals surface area contributed by atoms with Crippen LogP contribution in [-0.2, 0) is 9.59 Å². The molecular formula is C17H10FN3O3S2. The monoisotopic (exact) mass is 387 g/mol. The Hall–Kier alpha value is -2.91. The first kappa shape index (κ1) is 16.6. The summed E-state index contributed by atoms with van der Waals surface area (Å²) < 4.78 is 13.2. The van der Waals surface area contributed by atoms with Crippen LogP contribution in [0.3, 0.4) is 0 Å². The molecule has 1 aromatic carbocycles. The highest BCUT2D eigenvalue weighted by Gasteiger charge is 2.48. The van der Waals surface area contributed by atoms with Crippen molar-refractivity contribution in [1.29, 1.82) is 0 Å². The predicted molar refractivity (Wildman–Crippen MR) is 95.4 cm³/mol. The third-order valence-corrected chi connectivity index (χ3v) is 5.54. The van der Waals surface area contributed by atoms with E-state index in [-0.39, 0.29) is 22.0 Å². The highest BCUT2D eigenvalue weighted by atomic mass is 32.1. The fraction of sp³-hybridized carbons (Fsp3) is 0.0588. The van der Waals surface area contributed by atoms with Crippen molar-refractivity contribution >= 4 is 45.3 Å². The second-order valence-electron chi connectivity index (χ2n) is 5.41. The van der Waals surface area contributed by atoms with E-state index in [2.05, 4.69) is 10.2 Å². The number of rotatable bonds is 3. The largest absolute Gasteiger partial charge is 0.507 e. The van der Waals surface area contributed by atoms with E-state index >= 15 is 0 Å². The van der Waals surface area contributed by atoms with Crippen LogP contribution in [0.25, 0.3) is 5.76 Å². The van der Waals surface area contributed by atoms with Gasteiger partial charge in [-0.1, -0.05) is 17.4 Å². The third-order valence-electron chi connectivity index (χ3n) is 3.93. The van der Waals surface area contributed by atoms with E-state index in [0.717, 1.165) is 11.3 Å². The number of aliphatic hydroxyl groups is 1. The van der Waals surface area contributed by atoms with E-state index in [4.69, 9.17) is 0 Å². The lowest BCUT2D eigenvalue weighted by molar-refractivity contribution is -0.132. The van der Waals surface area contributed by atoms with Gasteiger partial charge >= 0.3 is 5.91 Å². The number of thiophene rings is 1. The fourth-order valence-corrected chi connectivity index (χ4v) is 4.19. The Balaban J connectivity index is 1.92. The molecule has 0 bridgehead atoms. The lowest BCUT2D eigenvalue weighted by atomic mass is 10.00. The van der Waals surface area contributed by atoms with Crippen molar-refractivity contribution in [1.82, 2.24) is 10.2 Å². The van der Waals surface area contributed by atoms with Crippen molar-refractivity contribution in [2.75, 3.05) is 4.90 Å². The fourth-order valence-electron chi connectivity index (χ4n) is 2.78. The molecule has 130 valence electrons. The molecule has 3 aromatic rings. The molecule has 1 amide bonds. The molecule has 3 heterocycles. The molecule has 1 aliphatic rings. The van der Waals surface area contributed by atoms with Crippen LogP contribution in [0.4, 0.5) is 9.52 Å². The molecule has 1 atom stereocenters. The molecule has 9 heteroatoms. The molecule has 0 saturated carbocycles. The van der Waals surface area contributed by atoms with Crippen molar-refractivity contribution in [3.8, 4) is 0 Å². The number of carbonyl (C=O) groups is 2. The Morgan fingerprint density at radius 3 is 2.54 bits per heavy atom. The van der Waals surface area contributed by atoms with Gasteiger partial charge in [-0.2, -0.15) is 0 Å². The Morgan fingerprint density at radius 2 is 1.92 bits per heavy atom. The Kier molecular flexibility index (Phi) is 4.09. The maximum atomic E-state index is 13.2. The Labute approximate surface area is 154 Å². The number of Topliss-reactive ketones (excluding diaryl/α,β-unsaturated/α-hetero) is 1. The number of aromatic nitrogens is 2. The summed E-state index contributed by atoms with van der Waals surface area (Å²) >= 11 is 2.47. The summed E-state index contributed by atoms with van der Waals surface area (Å²) in [5.74, 6) is -2.43. The maximum absolute atomic E-state index is 13.2. The van der Waals surface area contributed by atoms with Crippen LogP contribution in [0, 0.1) is 5.82 Å². The average molecular weight is 387 g/mol. The van der Waals surface area contributed by atoms with Crippen LogP contribution < -0.4 is 4.90 Å². The van der Waals surface area contributed by atoms with Crippen molar-refractivity contribution in [3.63, 3.8) is 0 Å². The summed E-state index contributed by atoms with van der Waals surface area (Å²) in [6.07, 6.45) is 0. The standard InChI is InChI=1S/C17H10FN3O3S2/c18-10-5-3-9(4-6-10)14(22)12-13(11-2-1-7-25-11)21(16(24)15(12)23)17-20-19-8-26-17/h1-8,13,22H/t13-/m0/s1. The molecule has 0 aliphatic carbocycles. The molecule has 0 unspecified atom stereocenters. The first-order valence-electron chi connectivity index (χ1n) is 7.44. The maximum Gasteiger partial charge on any atom is 0.301 e. The Bertz CT molecular complexity index is 999. The minimum atomic E-state index is -0.819.